The van der Waals surface area contributed by atoms with Crippen LogP contribution in [0.2, 0.25) is 0 Å². The third kappa shape index (κ3) is 2.45. The zero-order valence-electron chi connectivity index (χ0n) is 17.2. The lowest BCUT2D eigenvalue weighted by molar-refractivity contribution is 0.581. The van der Waals surface area contributed by atoms with Crippen LogP contribution in [0.1, 0.15) is 32.1 Å². The number of nitrogens with zero attached hydrogens (tertiary/aromatic N) is 2. The quantitative estimate of drug-likeness (QED) is 0.279. The maximum Gasteiger partial charge on any atom is 0.231 e. The third-order valence-electron chi connectivity index (χ3n) is 5.67. The van der Waals surface area contributed by atoms with Gasteiger partial charge >= 0.3 is 0 Å². The lowest BCUT2D eigenvalue weighted by Gasteiger charge is -2.21. The van der Waals surface area contributed by atoms with Crippen LogP contribution >= 0.6 is 11.3 Å². The van der Waals surface area contributed by atoms with Gasteiger partial charge in [-0.1, -0.05) is 20.8 Å². The van der Waals surface area contributed by atoms with Crippen LogP contribution in [0.4, 0.5) is 0 Å². The first-order valence-electron chi connectivity index (χ1n) is 9.98. The maximum atomic E-state index is 6.09. The van der Waals surface area contributed by atoms with Crippen LogP contribution in [0.3, 0.4) is 0 Å². The molecule has 6 aromatic rings. The molecule has 0 amide bonds. The lowest BCUT2D eigenvalue weighted by atomic mass is 9.85. The molecule has 0 atom stereocenters. The van der Waals surface area contributed by atoms with Crippen LogP contribution in [0, 0.1) is 6.92 Å². The van der Waals surface area contributed by atoms with Gasteiger partial charge in [-0.25, -0.2) is 9.97 Å². The maximum absolute atomic E-state index is 6.09. The monoisotopic (exact) mass is 412 g/mol. The number of rotatable bonds is 1. The third-order valence-corrected chi connectivity index (χ3v) is 6.64. The predicted octanol–water partition coefficient (Wildman–Crippen LogP) is 7.61. The average molecular weight is 413 g/mol. The molecule has 5 heteroatoms. The van der Waals surface area contributed by atoms with Crippen LogP contribution < -0.4 is 0 Å². The summed E-state index contributed by atoms with van der Waals surface area (Å²) in [6, 6.07) is 12.7. The topological polar surface area (TPSA) is 52.1 Å². The van der Waals surface area contributed by atoms with E-state index in [0.29, 0.717) is 5.71 Å². The molecule has 0 fully saturated rings. The summed E-state index contributed by atoms with van der Waals surface area (Å²) in [4.78, 5) is 9.14. The fraction of sp³-hybridized carbons (Fsp3) is 0.200. The first-order valence-corrected chi connectivity index (χ1v) is 10.9. The second-order valence-electron chi connectivity index (χ2n) is 8.83. The molecule has 0 aliphatic heterocycles. The number of aromatic nitrogens is 2. The van der Waals surface area contributed by atoms with Crippen molar-refractivity contribution in [2.45, 2.75) is 33.1 Å². The molecule has 4 heterocycles. The molecule has 4 aromatic heterocycles. The highest BCUT2D eigenvalue weighted by atomic mass is 32.1. The van der Waals surface area contributed by atoms with Gasteiger partial charge in [-0.05, 0) is 65.1 Å². The molecule has 0 aliphatic carbocycles. The molecule has 0 bridgehead atoms. The molecule has 0 aliphatic rings. The molecule has 2 aromatic carbocycles. The highest BCUT2D eigenvalue weighted by molar-refractivity contribution is 7.17. The van der Waals surface area contributed by atoms with E-state index in [1.165, 1.54) is 15.6 Å². The molecular weight excluding hydrogens is 392 g/mol. The molecule has 0 spiro atoms. The number of hydrogen-bond acceptors (Lipinski definition) is 5. The van der Waals surface area contributed by atoms with Crippen molar-refractivity contribution in [2.24, 2.45) is 0 Å². The molecule has 0 radical (unpaired) electrons. The Labute approximate surface area is 177 Å². The Balaban J connectivity index is 1.76. The zero-order chi connectivity index (χ0) is 20.6. The molecular formula is C25H20N2O2S. The Morgan fingerprint density at radius 2 is 1.77 bits per heavy atom. The average Bonchev–Trinajstić information content (AvgIpc) is 3.40. The van der Waals surface area contributed by atoms with Gasteiger partial charge in [-0.3, -0.25) is 0 Å². The second kappa shape index (κ2) is 5.92. The summed E-state index contributed by atoms with van der Waals surface area (Å²) in [6.07, 6.45) is 1.58. The number of thiophene rings is 1. The van der Waals surface area contributed by atoms with Crippen molar-refractivity contribution in [3.8, 4) is 11.3 Å². The number of benzene rings is 2. The number of furan rings is 2. The Morgan fingerprint density at radius 1 is 0.900 bits per heavy atom. The summed E-state index contributed by atoms with van der Waals surface area (Å²) in [5, 5.41) is 6.29. The van der Waals surface area contributed by atoms with Gasteiger partial charge in [0.15, 0.2) is 0 Å². The van der Waals surface area contributed by atoms with E-state index in [4.69, 9.17) is 13.8 Å². The molecule has 0 saturated carbocycles. The summed E-state index contributed by atoms with van der Waals surface area (Å²) in [5.41, 5.74) is 5.46. The van der Waals surface area contributed by atoms with Crippen LogP contribution in [0.15, 0.2) is 56.9 Å². The van der Waals surface area contributed by atoms with Crippen molar-refractivity contribution in [3.05, 3.63) is 59.4 Å². The normalized spacial score (nSPS) is 12.7. The fourth-order valence-corrected chi connectivity index (χ4v) is 5.41. The highest BCUT2D eigenvalue weighted by Crippen LogP contribution is 2.42. The summed E-state index contributed by atoms with van der Waals surface area (Å²) < 4.78 is 13.5. The van der Waals surface area contributed by atoms with Crippen molar-refractivity contribution >= 4 is 54.5 Å². The van der Waals surface area contributed by atoms with Gasteiger partial charge in [-0.2, -0.15) is 0 Å². The van der Waals surface area contributed by atoms with E-state index in [-0.39, 0.29) is 5.41 Å². The Hall–Kier alpha value is -3.18. The van der Waals surface area contributed by atoms with Crippen LogP contribution in [-0.2, 0) is 5.41 Å². The smallest absolute Gasteiger partial charge is 0.231 e. The molecule has 0 unspecified atom stereocenters. The van der Waals surface area contributed by atoms with Gasteiger partial charge < -0.3 is 8.83 Å². The van der Waals surface area contributed by atoms with E-state index < -0.39 is 0 Å². The first-order chi connectivity index (χ1) is 14.4. The molecule has 148 valence electrons. The standard InChI is InChI=1S/C25H20N2O2S/c1-13-9-14-5-6-18-19(22(14)28-13)20-21(26-12-27-24(20)29-18)16-10-15-7-8-30-23(15)17(11-16)25(2,3)4/h5-12H,1-4H3. The second-order valence-corrected chi connectivity index (χ2v) is 9.75. The first kappa shape index (κ1) is 17.7. The summed E-state index contributed by atoms with van der Waals surface area (Å²) in [5.74, 6) is 0.875. The molecule has 4 nitrogen and oxygen atoms in total. The van der Waals surface area contributed by atoms with Crippen molar-refractivity contribution in [1.29, 1.82) is 0 Å². The van der Waals surface area contributed by atoms with E-state index in [9.17, 15) is 0 Å². The summed E-state index contributed by atoms with van der Waals surface area (Å²) in [7, 11) is 0. The summed E-state index contributed by atoms with van der Waals surface area (Å²) >= 11 is 1.79. The number of hydrogen-bond donors (Lipinski definition) is 0. The van der Waals surface area contributed by atoms with Gasteiger partial charge in [0, 0.05) is 15.6 Å². The molecule has 0 saturated heterocycles. The van der Waals surface area contributed by atoms with E-state index in [1.54, 1.807) is 17.7 Å². The molecule has 30 heavy (non-hydrogen) atoms. The SMILES string of the molecule is Cc1cc2ccc3oc4ncnc(-c5cc(C(C)(C)C)c6sccc6c5)c4c3c2o1. The van der Waals surface area contributed by atoms with Crippen LogP contribution in [0.5, 0.6) is 0 Å². The lowest BCUT2D eigenvalue weighted by Crippen LogP contribution is -2.11. The van der Waals surface area contributed by atoms with Gasteiger partial charge in [0.25, 0.3) is 0 Å². The molecule has 0 N–H and O–H groups in total. The van der Waals surface area contributed by atoms with Gasteiger partial charge in [0.2, 0.25) is 5.71 Å². The van der Waals surface area contributed by atoms with Crippen molar-refractivity contribution in [2.75, 3.05) is 0 Å². The van der Waals surface area contributed by atoms with Crippen molar-refractivity contribution in [3.63, 3.8) is 0 Å². The molecule has 6 rings (SSSR count). The number of aryl methyl sites for hydroxylation is 1. The Kier molecular flexibility index (Phi) is 3.49. The Morgan fingerprint density at radius 3 is 2.60 bits per heavy atom. The predicted molar refractivity (Wildman–Crippen MR) is 123 cm³/mol. The fourth-order valence-electron chi connectivity index (χ4n) is 4.31. The van der Waals surface area contributed by atoms with Gasteiger partial charge in [0.1, 0.15) is 23.3 Å². The largest absolute Gasteiger partial charge is 0.461 e. The zero-order valence-corrected chi connectivity index (χ0v) is 18.1. The van der Waals surface area contributed by atoms with E-state index >= 15 is 0 Å². The van der Waals surface area contributed by atoms with E-state index in [0.717, 1.165) is 44.3 Å². The van der Waals surface area contributed by atoms with Crippen LogP contribution in [-0.4, -0.2) is 9.97 Å². The Bertz CT molecular complexity index is 1590. The van der Waals surface area contributed by atoms with Crippen molar-refractivity contribution in [1.82, 2.24) is 9.97 Å². The van der Waals surface area contributed by atoms with Crippen molar-refractivity contribution < 1.29 is 8.83 Å². The van der Waals surface area contributed by atoms with Gasteiger partial charge in [0.05, 0.1) is 16.5 Å². The van der Waals surface area contributed by atoms with E-state index in [1.807, 2.05) is 25.1 Å². The minimum Gasteiger partial charge on any atom is -0.461 e. The van der Waals surface area contributed by atoms with Gasteiger partial charge in [-0.15, -0.1) is 11.3 Å². The summed E-state index contributed by atoms with van der Waals surface area (Å²) in [6.45, 7) is 8.72. The minimum absolute atomic E-state index is 0.0229. The highest BCUT2D eigenvalue weighted by Gasteiger charge is 2.23. The minimum atomic E-state index is 0.0229. The van der Waals surface area contributed by atoms with Crippen LogP contribution in [0.25, 0.3) is 54.4 Å². The number of fused-ring (bicyclic) bond motifs is 6. The van der Waals surface area contributed by atoms with E-state index in [2.05, 4.69) is 49.3 Å².